The highest BCUT2D eigenvalue weighted by atomic mass is 35.5. The molecule has 0 heterocycles. The SMILES string of the molecule is COC(=O)[C@@H]1CCC[C@H]1C(=O)c1ccc(-c2ccc(NC(=S)Nc3cccc(Cl)c3)cc2)cc1. The number of halogens is 1. The first kappa shape index (κ1) is 23.9. The number of Topliss-reactive ketones (excluding diaryl/α,β-unsaturated/α-hetero) is 1. The second-order valence-electron chi connectivity index (χ2n) is 8.28. The fourth-order valence-electron chi connectivity index (χ4n) is 4.35. The predicted molar refractivity (Wildman–Crippen MR) is 140 cm³/mol. The number of anilines is 2. The fraction of sp³-hybridized carbons (Fsp3) is 0.222. The first-order chi connectivity index (χ1) is 16.4. The Hall–Kier alpha value is -3.22. The van der Waals surface area contributed by atoms with Crippen molar-refractivity contribution < 1.29 is 14.3 Å². The van der Waals surface area contributed by atoms with E-state index < -0.39 is 0 Å². The topological polar surface area (TPSA) is 67.4 Å². The molecule has 34 heavy (non-hydrogen) atoms. The Balaban J connectivity index is 1.39. The number of nitrogens with one attached hydrogen (secondary N) is 2. The smallest absolute Gasteiger partial charge is 0.309 e. The van der Waals surface area contributed by atoms with E-state index in [4.69, 9.17) is 28.6 Å². The summed E-state index contributed by atoms with van der Waals surface area (Å²) in [6, 6.07) is 22.8. The number of methoxy groups -OCH3 is 1. The van der Waals surface area contributed by atoms with Gasteiger partial charge in [0.1, 0.15) is 0 Å². The van der Waals surface area contributed by atoms with Gasteiger partial charge in [-0.05, 0) is 66.5 Å². The Morgan fingerprint density at radius 3 is 2.15 bits per heavy atom. The molecule has 0 aliphatic heterocycles. The van der Waals surface area contributed by atoms with Gasteiger partial charge in [0.05, 0.1) is 13.0 Å². The van der Waals surface area contributed by atoms with Crippen molar-refractivity contribution in [3.05, 3.63) is 83.4 Å². The minimum absolute atomic E-state index is 0.0136. The number of esters is 1. The van der Waals surface area contributed by atoms with Crippen LogP contribution in [0.3, 0.4) is 0 Å². The third-order valence-corrected chi connectivity index (χ3v) is 6.52. The minimum atomic E-state index is -0.336. The Morgan fingerprint density at radius 1 is 0.882 bits per heavy atom. The number of benzene rings is 3. The number of rotatable bonds is 6. The highest BCUT2D eigenvalue weighted by Gasteiger charge is 2.38. The zero-order valence-corrected chi connectivity index (χ0v) is 20.3. The monoisotopic (exact) mass is 492 g/mol. The van der Waals surface area contributed by atoms with Gasteiger partial charge < -0.3 is 15.4 Å². The summed E-state index contributed by atoms with van der Waals surface area (Å²) < 4.78 is 4.88. The van der Waals surface area contributed by atoms with E-state index in [2.05, 4.69) is 10.6 Å². The van der Waals surface area contributed by atoms with E-state index in [1.807, 2.05) is 60.7 Å². The van der Waals surface area contributed by atoms with Crippen LogP contribution in [0.25, 0.3) is 11.1 Å². The fourth-order valence-corrected chi connectivity index (χ4v) is 4.78. The van der Waals surface area contributed by atoms with Crippen molar-refractivity contribution in [2.75, 3.05) is 17.7 Å². The lowest BCUT2D eigenvalue weighted by Gasteiger charge is -2.16. The lowest BCUT2D eigenvalue weighted by Crippen LogP contribution is -2.26. The quantitative estimate of drug-likeness (QED) is 0.230. The summed E-state index contributed by atoms with van der Waals surface area (Å²) in [4.78, 5) is 25.0. The molecule has 4 rings (SSSR count). The highest BCUT2D eigenvalue weighted by Crippen LogP contribution is 2.35. The third-order valence-electron chi connectivity index (χ3n) is 6.08. The second-order valence-corrected chi connectivity index (χ2v) is 9.12. The van der Waals surface area contributed by atoms with Crippen LogP contribution in [-0.2, 0) is 9.53 Å². The van der Waals surface area contributed by atoms with E-state index in [0.29, 0.717) is 22.1 Å². The summed E-state index contributed by atoms with van der Waals surface area (Å²) in [6.07, 6.45) is 2.30. The van der Waals surface area contributed by atoms with Gasteiger partial charge in [-0.3, -0.25) is 9.59 Å². The maximum Gasteiger partial charge on any atom is 0.309 e. The van der Waals surface area contributed by atoms with Gasteiger partial charge in [-0.25, -0.2) is 0 Å². The molecule has 2 N–H and O–H groups in total. The van der Waals surface area contributed by atoms with Gasteiger partial charge in [-0.1, -0.05) is 60.5 Å². The molecule has 1 fully saturated rings. The van der Waals surface area contributed by atoms with Gasteiger partial charge in [0, 0.05) is 27.9 Å². The summed E-state index contributed by atoms with van der Waals surface area (Å²) in [6.45, 7) is 0. The largest absolute Gasteiger partial charge is 0.469 e. The van der Waals surface area contributed by atoms with Crippen molar-refractivity contribution in [3.8, 4) is 11.1 Å². The molecule has 0 radical (unpaired) electrons. The number of thiocarbonyl (C=S) groups is 1. The first-order valence-electron chi connectivity index (χ1n) is 11.1. The number of hydrogen-bond acceptors (Lipinski definition) is 4. The van der Waals surface area contributed by atoms with E-state index in [1.54, 1.807) is 12.1 Å². The Morgan fingerprint density at radius 2 is 1.50 bits per heavy atom. The molecule has 0 amide bonds. The number of ketones is 1. The van der Waals surface area contributed by atoms with Gasteiger partial charge in [0.25, 0.3) is 0 Å². The van der Waals surface area contributed by atoms with Crippen LogP contribution < -0.4 is 10.6 Å². The van der Waals surface area contributed by atoms with E-state index in [9.17, 15) is 9.59 Å². The molecule has 5 nitrogen and oxygen atoms in total. The van der Waals surface area contributed by atoms with Gasteiger partial charge >= 0.3 is 5.97 Å². The van der Waals surface area contributed by atoms with E-state index in [0.717, 1.165) is 35.3 Å². The first-order valence-corrected chi connectivity index (χ1v) is 11.9. The van der Waals surface area contributed by atoms with Crippen LogP contribution in [-0.4, -0.2) is 24.0 Å². The van der Waals surface area contributed by atoms with Gasteiger partial charge in [-0.15, -0.1) is 0 Å². The average Bonchev–Trinajstić information content (AvgIpc) is 3.34. The molecular formula is C27H25ClN2O3S. The average molecular weight is 493 g/mol. The predicted octanol–water partition coefficient (Wildman–Crippen LogP) is 6.59. The standard InChI is InChI=1S/C27H25ClN2O3S/c1-33-26(32)24-7-3-6-23(24)25(31)19-10-8-17(9-11-19)18-12-14-21(15-13-18)29-27(34)30-22-5-2-4-20(28)16-22/h2,4-5,8-16,23-24H,3,6-7H2,1H3,(H2,29,30,34)/t23-,24-/m1/s1. The van der Waals surface area contributed by atoms with Crippen molar-refractivity contribution >= 4 is 52.1 Å². The summed E-state index contributed by atoms with van der Waals surface area (Å²) in [7, 11) is 1.38. The molecule has 0 aromatic heterocycles. The Bertz CT molecular complexity index is 1200. The molecule has 174 valence electrons. The molecule has 2 atom stereocenters. The van der Waals surface area contributed by atoms with Crippen molar-refractivity contribution in [1.29, 1.82) is 0 Å². The molecule has 7 heteroatoms. The molecule has 1 aliphatic carbocycles. The van der Waals surface area contributed by atoms with Crippen LogP contribution in [0.5, 0.6) is 0 Å². The zero-order chi connectivity index (χ0) is 24.1. The summed E-state index contributed by atoms with van der Waals surface area (Å²) in [5, 5.41) is 7.37. The molecule has 0 bridgehead atoms. The van der Waals surface area contributed by atoms with Crippen LogP contribution in [0.2, 0.25) is 5.02 Å². The number of carbonyl (C=O) groups excluding carboxylic acids is 2. The normalized spacial score (nSPS) is 17.1. The molecule has 3 aromatic carbocycles. The van der Waals surface area contributed by atoms with Crippen LogP contribution in [0, 0.1) is 11.8 Å². The maximum atomic E-state index is 13.0. The van der Waals surface area contributed by atoms with Crippen LogP contribution >= 0.6 is 23.8 Å². The molecule has 1 saturated carbocycles. The van der Waals surface area contributed by atoms with Crippen LogP contribution in [0.4, 0.5) is 11.4 Å². The minimum Gasteiger partial charge on any atom is -0.469 e. The van der Waals surface area contributed by atoms with Crippen molar-refractivity contribution in [3.63, 3.8) is 0 Å². The van der Waals surface area contributed by atoms with Crippen molar-refractivity contribution in [2.24, 2.45) is 11.8 Å². The summed E-state index contributed by atoms with van der Waals surface area (Å²) in [5.41, 5.74) is 4.31. The van der Waals surface area contributed by atoms with Gasteiger partial charge in [0.15, 0.2) is 10.9 Å². The molecule has 0 unspecified atom stereocenters. The van der Waals surface area contributed by atoms with Crippen molar-refractivity contribution in [2.45, 2.75) is 19.3 Å². The van der Waals surface area contributed by atoms with Gasteiger partial charge in [0.2, 0.25) is 0 Å². The second kappa shape index (κ2) is 10.8. The zero-order valence-electron chi connectivity index (χ0n) is 18.7. The van der Waals surface area contributed by atoms with E-state index in [1.165, 1.54) is 7.11 Å². The Kier molecular flexibility index (Phi) is 7.60. The maximum absolute atomic E-state index is 13.0. The van der Waals surface area contributed by atoms with Crippen LogP contribution in [0.1, 0.15) is 29.6 Å². The summed E-state index contributed by atoms with van der Waals surface area (Å²) >= 11 is 11.4. The molecule has 1 aliphatic rings. The summed E-state index contributed by atoms with van der Waals surface area (Å²) in [5.74, 6) is -0.909. The molecule has 3 aromatic rings. The van der Waals surface area contributed by atoms with E-state index in [-0.39, 0.29) is 23.6 Å². The lowest BCUT2D eigenvalue weighted by atomic mass is 9.88. The van der Waals surface area contributed by atoms with Crippen LogP contribution in [0.15, 0.2) is 72.8 Å². The van der Waals surface area contributed by atoms with E-state index >= 15 is 0 Å². The Labute approximate surface area is 209 Å². The molecule has 0 spiro atoms. The van der Waals surface area contributed by atoms with Gasteiger partial charge in [-0.2, -0.15) is 0 Å². The number of carbonyl (C=O) groups is 2. The molecular weight excluding hydrogens is 468 g/mol. The highest BCUT2D eigenvalue weighted by molar-refractivity contribution is 7.80. The number of ether oxygens (including phenoxy) is 1. The number of hydrogen-bond donors (Lipinski definition) is 2. The molecule has 0 saturated heterocycles. The third kappa shape index (κ3) is 5.64. The lowest BCUT2D eigenvalue weighted by molar-refractivity contribution is -0.146. The van der Waals surface area contributed by atoms with Crippen molar-refractivity contribution in [1.82, 2.24) is 0 Å².